The molecule has 0 saturated heterocycles. The van der Waals surface area contributed by atoms with Gasteiger partial charge < -0.3 is 9.47 Å². The number of nitro groups is 1. The van der Waals surface area contributed by atoms with Gasteiger partial charge in [-0.05, 0) is 32.9 Å². The highest BCUT2D eigenvalue weighted by Crippen LogP contribution is 2.30. The van der Waals surface area contributed by atoms with Gasteiger partial charge in [-0.1, -0.05) is 0 Å². The van der Waals surface area contributed by atoms with Crippen LogP contribution >= 0.6 is 0 Å². The maximum Gasteiger partial charge on any atom is 0.338 e. The molecule has 8 nitrogen and oxygen atoms in total. The number of hydrogen-bond donors (Lipinski definition) is 0. The fourth-order valence-corrected chi connectivity index (χ4v) is 2.03. The lowest BCUT2D eigenvalue weighted by Gasteiger charge is -2.14. The third-order valence-electron chi connectivity index (χ3n) is 2.98. The first-order chi connectivity index (χ1) is 10.8. The van der Waals surface area contributed by atoms with E-state index in [0.717, 1.165) is 19.1 Å². The predicted octanol–water partition coefficient (Wildman–Crippen LogP) is 2.01. The second-order valence-corrected chi connectivity index (χ2v) is 4.55. The van der Waals surface area contributed by atoms with E-state index in [1.54, 1.807) is 13.8 Å². The number of carbonyl (C=O) groups excluding carboxylic acids is 3. The zero-order valence-corrected chi connectivity index (χ0v) is 13.0. The minimum Gasteiger partial charge on any atom is -0.465 e. The van der Waals surface area contributed by atoms with E-state index in [1.165, 1.54) is 6.07 Å². The number of carbonyl (C=O) groups is 3. The lowest BCUT2D eigenvalue weighted by atomic mass is 9.92. The number of nitro benzene ring substituents is 1. The number of rotatable bonds is 7. The van der Waals surface area contributed by atoms with Gasteiger partial charge in [-0.25, -0.2) is 4.79 Å². The van der Waals surface area contributed by atoms with Gasteiger partial charge in [-0.3, -0.25) is 19.7 Å². The highest BCUT2D eigenvalue weighted by Gasteiger charge is 2.33. The molecule has 23 heavy (non-hydrogen) atoms. The largest absolute Gasteiger partial charge is 0.465 e. The minimum absolute atomic E-state index is 0.0167. The predicted molar refractivity (Wildman–Crippen MR) is 79.1 cm³/mol. The van der Waals surface area contributed by atoms with Crippen molar-refractivity contribution in [2.45, 2.75) is 26.7 Å². The van der Waals surface area contributed by atoms with E-state index in [1.807, 2.05) is 0 Å². The zero-order chi connectivity index (χ0) is 17.6. The molecule has 0 saturated carbocycles. The molecule has 0 fully saturated rings. The minimum atomic E-state index is -1.47. The number of Topliss-reactive ketones (excluding diaryl/α,β-unsaturated/α-hetero) is 1. The molecule has 124 valence electrons. The lowest BCUT2D eigenvalue weighted by Crippen LogP contribution is -2.23. The van der Waals surface area contributed by atoms with Gasteiger partial charge in [0.05, 0.1) is 29.3 Å². The summed E-state index contributed by atoms with van der Waals surface area (Å²) >= 11 is 0. The van der Waals surface area contributed by atoms with Crippen LogP contribution in [0.15, 0.2) is 18.2 Å². The molecule has 0 radical (unpaired) electrons. The topological polar surface area (TPSA) is 113 Å². The molecule has 0 aromatic heterocycles. The summed E-state index contributed by atoms with van der Waals surface area (Å²) in [5, 5.41) is 11.2. The molecule has 1 aromatic rings. The molecule has 0 heterocycles. The standard InChI is InChI=1S/C15H17NO7/c1-4-22-14(18)10-6-7-12(16(20)21)11(8-10)13(9(3)17)15(19)23-5-2/h6-8,13H,4-5H2,1-3H3. The smallest absolute Gasteiger partial charge is 0.338 e. The highest BCUT2D eigenvalue weighted by molar-refractivity contribution is 6.04. The van der Waals surface area contributed by atoms with E-state index in [-0.39, 0.29) is 24.3 Å². The van der Waals surface area contributed by atoms with Crippen molar-refractivity contribution in [1.29, 1.82) is 0 Å². The Bertz CT molecular complexity index is 639. The third-order valence-corrected chi connectivity index (χ3v) is 2.98. The molecule has 0 N–H and O–H groups in total. The Balaban J connectivity index is 3.45. The van der Waals surface area contributed by atoms with E-state index in [2.05, 4.69) is 0 Å². The van der Waals surface area contributed by atoms with Crippen LogP contribution in [0.4, 0.5) is 5.69 Å². The van der Waals surface area contributed by atoms with Crippen LogP contribution in [0.3, 0.4) is 0 Å². The van der Waals surface area contributed by atoms with Gasteiger partial charge in [-0.15, -0.1) is 0 Å². The first-order valence-corrected chi connectivity index (χ1v) is 6.95. The monoisotopic (exact) mass is 323 g/mol. The third kappa shape index (κ3) is 4.35. The van der Waals surface area contributed by atoms with Gasteiger partial charge in [0.25, 0.3) is 5.69 Å². The zero-order valence-electron chi connectivity index (χ0n) is 13.0. The normalized spacial score (nSPS) is 11.4. The molecule has 0 bridgehead atoms. The second kappa shape index (κ2) is 8.02. The van der Waals surface area contributed by atoms with Crippen LogP contribution in [0.5, 0.6) is 0 Å². The van der Waals surface area contributed by atoms with Crippen LogP contribution in [-0.4, -0.2) is 35.9 Å². The molecule has 0 aliphatic carbocycles. The van der Waals surface area contributed by atoms with Crippen LogP contribution < -0.4 is 0 Å². The van der Waals surface area contributed by atoms with Crippen molar-refractivity contribution in [2.24, 2.45) is 0 Å². The average Bonchev–Trinajstić information content (AvgIpc) is 2.47. The van der Waals surface area contributed by atoms with Crippen LogP contribution in [0.1, 0.15) is 42.6 Å². The molecule has 8 heteroatoms. The first-order valence-electron chi connectivity index (χ1n) is 6.95. The number of esters is 2. The van der Waals surface area contributed by atoms with Gasteiger partial charge in [0, 0.05) is 6.07 Å². The molecule has 1 atom stereocenters. The van der Waals surface area contributed by atoms with Gasteiger partial charge in [0.1, 0.15) is 11.7 Å². The summed E-state index contributed by atoms with van der Waals surface area (Å²) < 4.78 is 9.63. The van der Waals surface area contributed by atoms with Gasteiger partial charge in [0.15, 0.2) is 0 Å². The summed E-state index contributed by atoms with van der Waals surface area (Å²) in [5.41, 5.74) is -0.610. The van der Waals surface area contributed by atoms with Crippen molar-refractivity contribution < 1.29 is 28.8 Å². The Kier molecular flexibility index (Phi) is 6.37. The van der Waals surface area contributed by atoms with E-state index in [4.69, 9.17) is 9.47 Å². The summed E-state index contributed by atoms with van der Waals surface area (Å²) in [6.45, 7) is 4.44. The summed E-state index contributed by atoms with van der Waals surface area (Å²) in [6, 6.07) is 3.40. The lowest BCUT2D eigenvalue weighted by molar-refractivity contribution is -0.385. The average molecular weight is 323 g/mol. The Morgan fingerprint density at radius 3 is 2.26 bits per heavy atom. The molecule has 0 aliphatic rings. The maximum atomic E-state index is 12.0. The van der Waals surface area contributed by atoms with E-state index in [0.29, 0.717) is 0 Å². The Labute approximate surface area is 132 Å². The van der Waals surface area contributed by atoms with Crippen molar-refractivity contribution >= 4 is 23.4 Å². The number of nitrogens with zero attached hydrogens (tertiary/aromatic N) is 1. The Morgan fingerprint density at radius 2 is 1.78 bits per heavy atom. The quantitative estimate of drug-likeness (QED) is 0.326. The SMILES string of the molecule is CCOC(=O)c1ccc([N+](=O)[O-])c(C(C(C)=O)C(=O)OCC)c1. The van der Waals surface area contributed by atoms with E-state index < -0.39 is 34.3 Å². The van der Waals surface area contributed by atoms with Gasteiger partial charge in [0.2, 0.25) is 0 Å². The Morgan fingerprint density at radius 1 is 1.17 bits per heavy atom. The second-order valence-electron chi connectivity index (χ2n) is 4.55. The molecule has 1 unspecified atom stereocenters. The molecule has 1 rings (SSSR count). The summed E-state index contributed by atoms with van der Waals surface area (Å²) in [5.74, 6) is -3.68. The fourth-order valence-electron chi connectivity index (χ4n) is 2.03. The van der Waals surface area contributed by atoms with Gasteiger partial charge >= 0.3 is 11.9 Å². The van der Waals surface area contributed by atoms with Crippen molar-refractivity contribution in [3.05, 3.63) is 39.4 Å². The number of benzene rings is 1. The summed E-state index contributed by atoms with van der Waals surface area (Å²) in [6.07, 6.45) is 0. The fraction of sp³-hybridized carbons (Fsp3) is 0.400. The molecular weight excluding hydrogens is 306 g/mol. The van der Waals surface area contributed by atoms with Crippen molar-refractivity contribution in [1.82, 2.24) is 0 Å². The molecule has 1 aromatic carbocycles. The van der Waals surface area contributed by atoms with Crippen molar-refractivity contribution in [3.8, 4) is 0 Å². The van der Waals surface area contributed by atoms with Crippen LogP contribution in [0.2, 0.25) is 0 Å². The molecular formula is C15H17NO7. The van der Waals surface area contributed by atoms with Crippen LogP contribution in [0.25, 0.3) is 0 Å². The van der Waals surface area contributed by atoms with Crippen LogP contribution in [0, 0.1) is 10.1 Å². The number of hydrogen-bond acceptors (Lipinski definition) is 7. The van der Waals surface area contributed by atoms with Crippen LogP contribution in [-0.2, 0) is 19.1 Å². The van der Waals surface area contributed by atoms with Gasteiger partial charge in [-0.2, -0.15) is 0 Å². The maximum absolute atomic E-state index is 12.0. The van der Waals surface area contributed by atoms with Crippen molar-refractivity contribution in [2.75, 3.05) is 13.2 Å². The molecule has 0 aliphatic heterocycles. The van der Waals surface area contributed by atoms with E-state index in [9.17, 15) is 24.5 Å². The number of ketones is 1. The number of ether oxygens (including phenoxy) is 2. The highest BCUT2D eigenvalue weighted by atomic mass is 16.6. The van der Waals surface area contributed by atoms with E-state index >= 15 is 0 Å². The Hall–Kier alpha value is -2.77. The summed E-state index contributed by atoms with van der Waals surface area (Å²) in [7, 11) is 0. The molecule has 0 spiro atoms. The first kappa shape index (κ1) is 18.3. The van der Waals surface area contributed by atoms with Crippen molar-refractivity contribution in [3.63, 3.8) is 0 Å². The summed E-state index contributed by atoms with van der Waals surface area (Å²) in [4.78, 5) is 46.0. The molecule has 0 amide bonds.